The number of aromatic nitrogens is 4. The van der Waals surface area contributed by atoms with E-state index < -0.39 is 0 Å². The van der Waals surface area contributed by atoms with E-state index in [1.54, 1.807) is 12.4 Å². The van der Waals surface area contributed by atoms with Crippen LogP contribution in [0.4, 0.5) is 11.6 Å². The molecule has 2 aromatic heterocycles. The number of hydrogen-bond donors (Lipinski definition) is 3. The van der Waals surface area contributed by atoms with Crippen LogP contribution in [0.5, 0.6) is 0 Å². The molecule has 1 aliphatic rings. The van der Waals surface area contributed by atoms with Gasteiger partial charge in [0.05, 0.1) is 16.8 Å². The minimum Gasteiger partial charge on any atom is -0.393 e. The Morgan fingerprint density at radius 1 is 1.43 bits per heavy atom. The summed E-state index contributed by atoms with van der Waals surface area (Å²) in [6.45, 7) is 0.663. The Morgan fingerprint density at radius 2 is 2.26 bits per heavy atom. The Morgan fingerprint density at radius 3 is 2.96 bits per heavy atom. The molecule has 0 amide bonds. The number of nitrogens with one attached hydrogen (secondary N) is 2. The van der Waals surface area contributed by atoms with E-state index >= 15 is 0 Å². The summed E-state index contributed by atoms with van der Waals surface area (Å²) < 4.78 is 0. The minimum atomic E-state index is -0.360. The molecule has 1 aliphatic carbocycles. The van der Waals surface area contributed by atoms with Gasteiger partial charge in [-0.3, -0.25) is 10.1 Å². The zero-order valence-electron chi connectivity index (χ0n) is 13.2. The quantitative estimate of drug-likeness (QED) is 0.772. The summed E-state index contributed by atoms with van der Waals surface area (Å²) in [6, 6.07) is 1.83. The van der Waals surface area contributed by atoms with Gasteiger partial charge in [-0.1, -0.05) is 11.6 Å². The third kappa shape index (κ3) is 3.56. The third-order valence-electron chi connectivity index (χ3n) is 4.26. The fourth-order valence-corrected chi connectivity index (χ4v) is 3.14. The Balaban J connectivity index is 1.61. The summed E-state index contributed by atoms with van der Waals surface area (Å²) >= 11 is 6.09. The van der Waals surface area contributed by atoms with Crippen molar-refractivity contribution < 1.29 is 5.11 Å². The number of pyridine rings is 1. The number of H-pyrrole nitrogens is 1. The van der Waals surface area contributed by atoms with Crippen LogP contribution in [0.15, 0.2) is 18.5 Å². The van der Waals surface area contributed by atoms with Crippen LogP contribution in [-0.2, 0) is 0 Å². The van der Waals surface area contributed by atoms with Gasteiger partial charge < -0.3 is 15.3 Å². The average molecular weight is 337 g/mol. The molecule has 0 bridgehead atoms. The van der Waals surface area contributed by atoms with Crippen molar-refractivity contribution in [3.8, 4) is 0 Å². The van der Waals surface area contributed by atoms with Crippen molar-refractivity contribution in [1.29, 1.82) is 0 Å². The monoisotopic (exact) mass is 336 g/mol. The molecule has 8 heteroatoms. The molecule has 3 atom stereocenters. The molecule has 0 aliphatic heterocycles. The van der Waals surface area contributed by atoms with E-state index in [0.29, 0.717) is 23.9 Å². The first-order valence-corrected chi connectivity index (χ1v) is 8.03. The molecule has 0 radical (unpaired) electrons. The van der Waals surface area contributed by atoms with Gasteiger partial charge in [-0.25, -0.2) is 0 Å². The number of hydrogen-bond acceptors (Lipinski definition) is 6. The lowest BCUT2D eigenvalue weighted by Crippen LogP contribution is -2.22. The van der Waals surface area contributed by atoms with Gasteiger partial charge in [0.15, 0.2) is 0 Å². The number of halogens is 1. The summed E-state index contributed by atoms with van der Waals surface area (Å²) in [7, 11) is 3.81. The minimum absolute atomic E-state index is 0.150. The van der Waals surface area contributed by atoms with Gasteiger partial charge in [0.2, 0.25) is 5.95 Å². The molecule has 0 saturated heterocycles. The zero-order chi connectivity index (χ0) is 16.4. The Hall–Kier alpha value is -1.86. The van der Waals surface area contributed by atoms with Crippen LogP contribution in [-0.4, -0.2) is 52.0 Å². The lowest BCUT2D eigenvalue weighted by Gasteiger charge is -2.16. The first-order valence-electron chi connectivity index (χ1n) is 7.65. The number of aliphatic hydroxyl groups is 1. The van der Waals surface area contributed by atoms with Crippen LogP contribution in [0, 0.1) is 5.92 Å². The van der Waals surface area contributed by atoms with Crippen molar-refractivity contribution in [2.75, 3.05) is 30.9 Å². The lowest BCUT2D eigenvalue weighted by molar-refractivity contribution is 0.138. The van der Waals surface area contributed by atoms with Crippen molar-refractivity contribution in [3.63, 3.8) is 0 Å². The average Bonchev–Trinajstić information content (AvgIpc) is 3.13. The molecular formula is C15H21ClN6O. The molecular weight excluding hydrogens is 316 g/mol. The van der Waals surface area contributed by atoms with Gasteiger partial charge in [-0.15, -0.1) is 5.10 Å². The van der Waals surface area contributed by atoms with Gasteiger partial charge in [-0.05, 0) is 18.9 Å². The number of rotatable bonds is 5. The number of aliphatic hydroxyl groups excluding tert-OH is 1. The second kappa shape index (κ2) is 6.72. The predicted octanol–water partition coefficient (Wildman–Crippen LogP) is 1.89. The van der Waals surface area contributed by atoms with Crippen molar-refractivity contribution in [2.45, 2.75) is 24.9 Å². The highest BCUT2D eigenvalue weighted by atomic mass is 35.5. The molecule has 7 nitrogen and oxygen atoms in total. The molecule has 23 heavy (non-hydrogen) atoms. The van der Waals surface area contributed by atoms with Gasteiger partial charge in [-0.2, -0.15) is 4.98 Å². The van der Waals surface area contributed by atoms with Crippen molar-refractivity contribution in [2.24, 2.45) is 5.92 Å². The van der Waals surface area contributed by atoms with Gasteiger partial charge in [0.25, 0.3) is 0 Å². The second-order valence-corrected chi connectivity index (χ2v) is 6.55. The zero-order valence-corrected chi connectivity index (χ0v) is 14.0. The van der Waals surface area contributed by atoms with E-state index in [1.165, 1.54) is 0 Å². The van der Waals surface area contributed by atoms with Crippen LogP contribution < -0.4 is 10.2 Å². The van der Waals surface area contributed by atoms with Gasteiger partial charge in [0.1, 0.15) is 5.82 Å². The summed E-state index contributed by atoms with van der Waals surface area (Å²) in [5.74, 6) is 1.86. The first-order chi connectivity index (χ1) is 11.0. The van der Waals surface area contributed by atoms with E-state index in [0.717, 1.165) is 17.9 Å². The van der Waals surface area contributed by atoms with Gasteiger partial charge in [0, 0.05) is 44.9 Å². The number of aromatic amines is 1. The molecule has 1 saturated carbocycles. The fourth-order valence-electron chi connectivity index (χ4n) is 2.95. The highest BCUT2D eigenvalue weighted by Gasteiger charge is 2.35. The molecule has 0 spiro atoms. The molecule has 0 aromatic carbocycles. The molecule has 2 aromatic rings. The van der Waals surface area contributed by atoms with Crippen molar-refractivity contribution in [3.05, 3.63) is 29.3 Å². The summed E-state index contributed by atoms with van der Waals surface area (Å²) in [4.78, 5) is 10.3. The predicted molar refractivity (Wildman–Crippen MR) is 89.9 cm³/mol. The van der Waals surface area contributed by atoms with E-state index in [-0.39, 0.29) is 17.9 Å². The molecule has 0 unspecified atom stereocenters. The van der Waals surface area contributed by atoms with Crippen LogP contribution >= 0.6 is 11.6 Å². The highest BCUT2D eigenvalue weighted by molar-refractivity contribution is 6.33. The second-order valence-electron chi connectivity index (χ2n) is 6.15. The molecule has 3 rings (SSSR count). The summed E-state index contributed by atoms with van der Waals surface area (Å²) in [5.41, 5.74) is 0.840. The fraction of sp³-hybridized carbons (Fsp3) is 0.533. The first kappa shape index (κ1) is 16.0. The SMILES string of the molecule is CN(C)c1n[nH]c([C@H]2C[C@H](CNc3ccncc3Cl)[C@H](O)C2)n1. The third-order valence-corrected chi connectivity index (χ3v) is 4.56. The Kier molecular flexibility index (Phi) is 4.68. The molecule has 124 valence electrons. The van der Waals surface area contributed by atoms with E-state index in [4.69, 9.17) is 11.6 Å². The topological polar surface area (TPSA) is 90.0 Å². The van der Waals surface area contributed by atoms with Crippen LogP contribution in [0.25, 0.3) is 0 Å². The van der Waals surface area contributed by atoms with E-state index in [9.17, 15) is 5.11 Å². The van der Waals surface area contributed by atoms with Crippen LogP contribution in [0.3, 0.4) is 0 Å². The largest absolute Gasteiger partial charge is 0.393 e. The van der Waals surface area contributed by atoms with Gasteiger partial charge >= 0.3 is 0 Å². The maximum Gasteiger partial charge on any atom is 0.244 e. The van der Waals surface area contributed by atoms with Crippen molar-refractivity contribution >= 4 is 23.2 Å². The summed E-state index contributed by atoms with van der Waals surface area (Å²) in [6.07, 6.45) is 4.49. The standard InChI is InChI=1S/C15H21ClN6O/c1-22(2)15-19-14(20-21-15)9-5-10(13(23)6-9)7-18-12-3-4-17-8-11(12)16/h3-4,8-10,13,23H,5-7H2,1-2H3,(H,17,18)(H,19,20,21)/t9-,10+,13+/m0/s1. The molecule has 1 fully saturated rings. The lowest BCUT2D eigenvalue weighted by atomic mass is 10.0. The highest BCUT2D eigenvalue weighted by Crippen LogP contribution is 2.37. The Bertz CT molecular complexity index is 661. The van der Waals surface area contributed by atoms with Crippen molar-refractivity contribution in [1.82, 2.24) is 20.2 Å². The Labute approximate surface area is 140 Å². The number of anilines is 2. The smallest absolute Gasteiger partial charge is 0.244 e. The molecule has 2 heterocycles. The normalized spacial score (nSPS) is 23.9. The van der Waals surface area contributed by atoms with E-state index in [2.05, 4.69) is 25.5 Å². The molecule has 3 N–H and O–H groups in total. The maximum absolute atomic E-state index is 10.3. The van der Waals surface area contributed by atoms with E-state index in [1.807, 2.05) is 25.1 Å². The maximum atomic E-state index is 10.3. The van der Waals surface area contributed by atoms with Crippen LogP contribution in [0.2, 0.25) is 5.02 Å². The number of nitrogens with zero attached hydrogens (tertiary/aromatic N) is 4. The van der Waals surface area contributed by atoms with Crippen LogP contribution in [0.1, 0.15) is 24.6 Å². The summed E-state index contributed by atoms with van der Waals surface area (Å²) in [5, 5.41) is 21.4.